The summed E-state index contributed by atoms with van der Waals surface area (Å²) in [5, 5.41) is 0. The molecule has 8 heteroatoms. The number of nitrogens with one attached hydrogen (secondary N) is 2. The quantitative estimate of drug-likeness (QED) is 0.561. The van der Waals surface area contributed by atoms with Gasteiger partial charge in [0.1, 0.15) is 5.75 Å². The second-order valence-corrected chi connectivity index (χ2v) is 7.62. The largest absolute Gasteiger partial charge is 0.484 e. The van der Waals surface area contributed by atoms with Crippen LogP contribution in [0.4, 0.5) is 5.69 Å². The Bertz CT molecular complexity index is 884. The number of carbonyl (C=O) groups is 3. The van der Waals surface area contributed by atoms with Crippen molar-refractivity contribution in [3.63, 3.8) is 0 Å². The topological polar surface area (TPSA) is 87.7 Å². The molecule has 3 amide bonds. The third-order valence-corrected chi connectivity index (χ3v) is 5.34. The van der Waals surface area contributed by atoms with Crippen molar-refractivity contribution in [1.82, 2.24) is 10.9 Å². The Labute approximate surface area is 173 Å². The molecule has 2 aromatic carbocycles. The van der Waals surface area contributed by atoms with Crippen molar-refractivity contribution in [3.05, 3.63) is 54.1 Å². The highest BCUT2D eigenvalue weighted by atomic mass is 32.2. The molecule has 1 atom stereocenters. The van der Waals surface area contributed by atoms with Crippen molar-refractivity contribution in [2.45, 2.75) is 18.2 Å². The van der Waals surface area contributed by atoms with Crippen LogP contribution in [0.1, 0.15) is 12.0 Å². The lowest BCUT2D eigenvalue weighted by Gasteiger charge is -2.17. The Morgan fingerprint density at radius 2 is 1.79 bits per heavy atom. The third kappa shape index (κ3) is 5.51. The summed E-state index contributed by atoms with van der Waals surface area (Å²) in [7, 11) is 0. The van der Waals surface area contributed by atoms with Crippen LogP contribution >= 0.6 is 11.8 Å². The maximum atomic E-state index is 12.3. The van der Waals surface area contributed by atoms with Crippen molar-refractivity contribution in [2.75, 3.05) is 24.3 Å². The molecular formula is C21H23N3O4S. The Hall–Kier alpha value is -3.00. The number of ether oxygens (including phenoxy) is 1. The fourth-order valence-electron chi connectivity index (χ4n) is 2.95. The van der Waals surface area contributed by atoms with Gasteiger partial charge in [-0.1, -0.05) is 17.7 Å². The fraction of sp³-hybridized carbons (Fsp3) is 0.286. The van der Waals surface area contributed by atoms with Crippen LogP contribution in [0.5, 0.6) is 5.75 Å². The lowest BCUT2D eigenvalue weighted by atomic mass is 10.1. The number of aryl methyl sites for hydroxylation is 1. The highest BCUT2D eigenvalue weighted by molar-refractivity contribution is 7.98. The number of hydrazine groups is 1. The van der Waals surface area contributed by atoms with Crippen molar-refractivity contribution in [1.29, 1.82) is 0 Å². The number of nitrogens with zero attached hydrogens (tertiary/aromatic N) is 1. The van der Waals surface area contributed by atoms with Gasteiger partial charge in [0.15, 0.2) is 6.61 Å². The molecule has 0 radical (unpaired) electrons. The monoisotopic (exact) mass is 413 g/mol. The number of amides is 3. The summed E-state index contributed by atoms with van der Waals surface area (Å²) in [6.45, 7) is 2.01. The third-order valence-electron chi connectivity index (χ3n) is 4.60. The summed E-state index contributed by atoms with van der Waals surface area (Å²) in [4.78, 5) is 39.2. The lowest BCUT2D eigenvalue weighted by molar-refractivity contribution is -0.132. The van der Waals surface area contributed by atoms with Crippen LogP contribution in [0, 0.1) is 12.8 Å². The molecule has 1 aliphatic rings. The minimum absolute atomic E-state index is 0.103. The molecular weight excluding hydrogens is 390 g/mol. The van der Waals surface area contributed by atoms with Gasteiger partial charge in [0.05, 0.1) is 5.92 Å². The van der Waals surface area contributed by atoms with E-state index in [1.54, 1.807) is 28.8 Å². The van der Waals surface area contributed by atoms with E-state index in [2.05, 4.69) is 10.9 Å². The normalized spacial score (nSPS) is 15.9. The maximum absolute atomic E-state index is 12.3. The average Bonchev–Trinajstić information content (AvgIpc) is 3.13. The summed E-state index contributed by atoms with van der Waals surface area (Å²) < 4.78 is 5.36. The molecule has 1 unspecified atom stereocenters. The van der Waals surface area contributed by atoms with Gasteiger partial charge >= 0.3 is 0 Å². The first-order chi connectivity index (χ1) is 14.0. The molecule has 2 N–H and O–H groups in total. The first-order valence-electron chi connectivity index (χ1n) is 9.19. The number of anilines is 1. The zero-order valence-corrected chi connectivity index (χ0v) is 17.1. The molecule has 7 nitrogen and oxygen atoms in total. The number of benzene rings is 2. The van der Waals surface area contributed by atoms with Crippen LogP contribution in [0.15, 0.2) is 53.4 Å². The summed E-state index contributed by atoms with van der Waals surface area (Å²) in [6.07, 6.45) is 2.09. The second kappa shape index (κ2) is 9.47. The SMILES string of the molecule is CSc1ccc(N2CC(C(=O)NNC(=O)COc3ccc(C)cc3)CC2=O)cc1. The highest BCUT2D eigenvalue weighted by Crippen LogP contribution is 2.27. The van der Waals surface area contributed by atoms with Gasteiger partial charge in [-0.15, -0.1) is 11.8 Å². The molecule has 1 saturated heterocycles. The maximum Gasteiger partial charge on any atom is 0.276 e. The highest BCUT2D eigenvalue weighted by Gasteiger charge is 2.35. The van der Waals surface area contributed by atoms with Gasteiger partial charge in [-0.05, 0) is 49.6 Å². The van der Waals surface area contributed by atoms with E-state index in [0.29, 0.717) is 5.75 Å². The van der Waals surface area contributed by atoms with Crippen LogP contribution in [-0.2, 0) is 14.4 Å². The zero-order valence-electron chi connectivity index (χ0n) is 16.3. The molecule has 0 aliphatic carbocycles. The van der Waals surface area contributed by atoms with Crippen LogP contribution in [-0.4, -0.2) is 37.1 Å². The molecule has 3 rings (SSSR count). The van der Waals surface area contributed by atoms with Crippen LogP contribution < -0.4 is 20.5 Å². The molecule has 152 valence electrons. The van der Waals surface area contributed by atoms with Gasteiger partial charge in [-0.2, -0.15) is 0 Å². The fourth-order valence-corrected chi connectivity index (χ4v) is 3.36. The Balaban J connectivity index is 1.46. The predicted octanol–water partition coefficient (Wildman–Crippen LogP) is 2.30. The van der Waals surface area contributed by atoms with Gasteiger partial charge < -0.3 is 9.64 Å². The molecule has 0 saturated carbocycles. The smallest absolute Gasteiger partial charge is 0.276 e. The van der Waals surface area contributed by atoms with Crippen LogP contribution in [0.3, 0.4) is 0 Å². The number of carbonyl (C=O) groups excluding carboxylic acids is 3. The van der Waals surface area contributed by atoms with Gasteiger partial charge in [0.2, 0.25) is 11.8 Å². The van der Waals surface area contributed by atoms with Gasteiger partial charge in [-0.3, -0.25) is 25.2 Å². The van der Waals surface area contributed by atoms with E-state index in [4.69, 9.17) is 4.74 Å². The minimum atomic E-state index is -0.527. The van der Waals surface area contributed by atoms with E-state index < -0.39 is 17.7 Å². The van der Waals surface area contributed by atoms with Crippen LogP contribution in [0.25, 0.3) is 0 Å². The number of hydrogen-bond donors (Lipinski definition) is 2. The predicted molar refractivity (Wildman–Crippen MR) is 112 cm³/mol. The Morgan fingerprint density at radius 3 is 2.45 bits per heavy atom. The van der Waals surface area contributed by atoms with E-state index in [9.17, 15) is 14.4 Å². The Morgan fingerprint density at radius 1 is 1.10 bits per heavy atom. The zero-order chi connectivity index (χ0) is 20.8. The molecule has 0 bridgehead atoms. The molecule has 0 aromatic heterocycles. The van der Waals surface area contributed by atoms with Crippen molar-refractivity contribution < 1.29 is 19.1 Å². The van der Waals surface area contributed by atoms with Gasteiger partial charge in [-0.25, -0.2) is 0 Å². The molecule has 2 aromatic rings. The molecule has 29 heavy (non-hydrogen) atoms. The molecule has 1 fully saturated rings. The number of thioether (sulfide) groups is 1. The average molecular weight is 413 g/mol. The minimum Gasteiger partial charge on any atom is -0.484 e. The summed E-state index contributed by atoms with van der Waals surface area (Å²) in [6, 6.07) is 14.9. The summed E-state index contributed by atoms with van der Waals surface area (Å²) >= 11 is 1.62. The van der Waals surface area contributed by atoms with E-state index in [0.717, 1.165) is 16.1 Å². The van der Waals surface area contributed by atoms with Crippen molar-refractivity contribution >= 4 is 35.2 Å². The lowest BCUT2D eigenvalue weighted by Crippen LogP contribution is -2.46. The van der Waals surface area contributed by atoms with E-state index in [-0.39, 0.29) is 25.5 Å². The standard InChI is InChI=1S/C21H23N3O4S/c1-14-3-7-17(8-4-14)28-13-19(25)22-23-21(27)15-11-20(26)24(12-15)16-5-9-18(29-2)10-6-16/h3-10,15H,11-13H2,1-2H3,(H,22,25)(H,23,27). The number of hydrogen-bond acceptors (Lipinski definition) is 5. The van der Waals surface area contributed by atoms with Gasteiger partial charge in [0, 0.05) is 23.5 Å². The first-order valence-corrected chi connectivity index (χ1v) is 10.4. The number of rotatable bonds is 6. The van der Waals surface area contributed by atoms with Crippen LogP contribution in [0.2, 0.25) is 0 Å². The second-order valence-electron chi connectivity index (χ2n) is 6.74. The summed E-state index contributed by atoms with van der Waals surface area (Å²) in [5.74, 6) is -0.947. The van der Waals surface area contributed by atoms with E-state index in [1.807, 2.05) is 49.6 Å². The van der Waals surface area contributed by atoms with Crippen molar-refractivity contribution in [2.24, 2.45) is 5.92 Å². The van der Waals surface area contributed by atoms with Crippen molar-refractivity contribution in [3.8, 4) is 5.75 Å². The molecule has 0 spiro atoms. The van der Waals surface area contributed by atoms with E-state index >= 15 is 0 Å². The molecule has 1 aliphatic heterocycles. The summed E-state index contributed by atoms with van der Waals surface area (Å²) in [5.41, 5.74) is 6.56. The molecule has 1 heterocycles. The van der Waals surface area contributed by atoms with E-state index in [1.165, 1.54) is 0 Å². The first kappa shape index (κ1) is 20.7. The van der Waals surface area contributed by atoms with Gasteiger partial charge in [0.25, 0.3) is 5.91 Å². The Kier molecular flexibility index (Phi) is 6.77.